The Balaban J connectivity index is 2.54. The first-order valence-corrected chi connectivity index (χ1v) is 5.95. The molecule has 17 heavy (non-hydrogen) atoms. The summed E-state index contributed by atoms with van der Waals surface area (Å²) in [6.45, 7) is 7.75. The van der Waals surface area contributed by atoms with E-state index in [-0.39, 0.29) is 10.6 Å². The molecular formula is C13H20N2O2. The van der Waals surface area contributed by atoms with E-state index in [1.54, 1.807) is 19.1 Å². The lowest BCUT2D eigenvalue weighted by Gasteiger charge is -2.07. The first-order valence-electron chi connectivity index (χ1n) is 5.95. The third kappa shape index (κ3) is 4.53. The predicted molar refractivity (Wildman–Crippen MR) is 69.0 cm³/mol. The third-order valence-corrected chi connectivity index (χ3v) is 2.70. The van der Waals surface area contributed by atoms with Gasteiger partial charge in [-0.05, 0) is 31.4 Å². The molecule has 94 valence electrons. The van der Waals surface area contributed by atoms with E-state index in [0.29, 0.717) is 18.0 Å². The zero-order chi connectivity index (χ0) is 12.8. The minimum Gasteiger partial charge on any atom is -0.313 e. The van der Waals surface area contributed by atoms with E-state index in [0.717, 1.165) is 18.5 Å². The molecule has 0 bridgehead atoms. The van der Waals surface area contributed by atoms with Crippen LogP contribution in [0, 0.1) is 23.0 Å². The van der Waals surface area contributed by atoms with E-state index in [9.17, 15) is 10.1 Å². The normalized spacial score (nSPS) is 10.8. The highest BCUT2D eigenvalue weighted by Gasteiger charge is 2.10. The van der Waals surface area contributed by atoms with Gasteiger partial charge in [0.05, 0.1) is 4.92 Å². The summed E-state index contributed by atoms with van der Waals surface area (Å²) in [5.41, 5.74) is 1.88. The first kappa shape index (κ1) is 13.6. The molecule has 0 unspecified atom stereocenters. The Morgan fingerprint density at radius 1 is 1.41 bits per heavy atom. The van der Waals surface area contributed by atoms with Gasteiger partial charge in [0.15, 0.2) is 0 Å². The molecule has 1 aromatic carbocycles. The molecule has 0 saturated heterocycles. The second-order valence-corrected chi connectivity index (χ2v) is 4.74. The molecule has 0 radical (unpaired) electrons. The molecule has 0 aromatic heterocycles. The molecule has 0 amide bonds. The summed E-state index contributed by atoms with van der Waals surface area (Å²) in [4.78, 5) is 10.5. The molecule has 0 aliphatic rings. The van der Waals surface area contributed by atoms with Gasteiger partial charge in [0.2, 0.25) is 0 Å². The minimum absolute atomic E-state index is 0.202. The average molecular weight is 236 g/mol. The van der Waals surface area contributed by atoms with Crippen molar-refractivity contribution in [2.45, 2.75) is 33.7 Å². The van der Waals surface area contributed by atoms with Crippen molar-refractivity contribution in [1.82, 2.24) is 5.32 Å². The molecule has 1 rings (SSSR count). The van der Waals surface area contributed by atoms with Crippen LogP contribution >= 0.6 is 0 Å². The van der Waals surface area contributed by atoms with Crippen LogP contribution in [0.5, 0.6) is 0 Å². The van der Waals surface area contributed by atoms with Crippen LogP contribution in [0.3, 0.4) is 0 Å². The lowest BCUT2D eigenvalue weighted by atomic mass is 10.1. The van der Waals surface area contributed by atoms with Crippen LogP contribution in [-0.4, -0.2) is 11.5 Å². The van der Waals surface area contributed by atoms with E-state index in [4.69, 9.17) is 0 Å². The van der Waals surface area contributed by atoms with E-state index in [2.05, 4.69) is 19.2 Å². The standard InChI is InChI=1S/C13H20N2O2/c1-10(2)6-7-14-9-12-5-4-11(3)13(8-12)15(16)17/h4-5,8,10,14H,6-7,9H2,1-3H3. The lowest BCUT2D eigenvalue weighted by molar-refractivity contribution is -0.385. The number of hydrogen-bond donors (Lipinski definition) is 1. The van der Waals surface area contributed by atoms with Crippen molar-refractivity contribution in [3.63, 3.8) is 0 Å². The van der Waals surface area contributed by atoms with Crippen LogP contribution in [0.2, 0.25) is 0 Å². The Kier molecular flexibility index (Phi) is 5.10. The van der Waals surface area contributed by atoms with Crippen LogP contribution in [0.25, 0.3) is 0 Å². The molecule has 1 N–H and O–H groups in total. The van der Waals surface area contributed by atoms with Gasteiger partial charge < -0.3 is 5.32 Å². The number of nitro benzene ring substituents is 1. The van der Waals surface area contributed by atoms with E-state index in [1.807, 2.05) is 6.07 Å². The van der Waals surface area contributed by atoms with Crippen LogP contribution in [0.4, 0.5) is 5.69 Å². The summed E-state index contributed by atoms with van der Waals surface area (Å²) in [6.07, 6.45) is 1.12. The van der Waals surface area contributed by atoms with Gasteiger partial charge in [0, 0.05) is 18.2 Å². The largest absolute Gasteiger partial charge is 0.313 e. The van der Waals surface area contributed by atoms with Gasteiger partial charge in [-0.2, -0.15) is 0 Å². The molecule has 0 spiro atoms. The summed E-state index contributed by atoms with van der Waals surface area (Å²) in [5, 5.41) is 14.1. The topological polar surface area (TPSA) is 55.2 Å². The molecular weight excluding hydrogens is 216 g/mol. The molecule has 0 fully saturated rings. The summed E-state index contributed by atoms with van der Waals surface area (Å²) < 4.78 is 0. The van der Waals surface area contributed by atoms with Crippen molar-refractivity contribution >= 4 is 5.69 Å². The van der Waals surface area contributed by atoms with E-state index in [1.165, 1.54) is 0 Å². The average Bonchev–Trinajstić information content (AvgIpc) is 2.25. The molecule has 0 heterocycles. The summed E-state index contributed by atoms with van der Waals surface area (Å²) >= 11 is 0. The number of aryl methyl sites for hydroxylation is 1. The highest BCUT2D eigenvalue weighted by molar-refractivity contribution is 5.42. The zero-order valence-electron chi connectivity index (χ0n) is 10.7. The van der Waals surface area contributed by atoms with Gasteiger partial charge in [0.1, 0.15) is 0 Å². The van der Waals surface area contributed by atoms with Crippen molar-refractivity contribution < 1.29 is 4.92 Å². The van der Waals surface area contributed by atoms with Crippen molar-refractivity contribution in [3.8, 4) is 0 Å². The van der Waals surface area contributed by atoms with Gasteiger partial charge in [-0.3, -0.25) is 10.1 Å². The second-order valence-electron chi connectivity index (χ2n) is 4.74. The maximum Gasteiger partial charge on any atom is 0.272 e. The Morgan fingerprint density at radius 3 is 2.71 bits per heavy atom. The van der Waals surface area contributed by atoms with E-state index < -0.39 is 0 Å². The molecule has 0 aliphatic carbocycles. The van der Waals surface area contributed by atoms with Crippen LogP contribution < -0.4 is 5.32 Å². The predicted octanol–water partition coefficient (Wildman–Crippen LogP) is 3.04. The number of hydrogen-bond acceptors (Lipinski definition) is 3. The van der Waals surface area contributed by atoms with Crippen molar-refractivity contribution in [1.29, 1.82) is 0 Å². The highest BCUT2D eigenvalue weighted by atomic mass is 16.6. The molecule has 1 aromatic rings. The monoisotopic (exact) mass is 236 g/mol. The van der Waals surface area contributed by atoms with Gasteiger partial charge in [-0.25, -0.2) is 0 Å². The maximum absolute atomic E-state index is 10.8. The van der Waals surface area contributed by atoms with Gasteiger partial charge in [-0.15, -0.1) is 0 Å². The van der Waals surface area contributed by atoms with Gasteiger partial charge in [0.25, 0.3) is 5.69 Å². The van der Waals surface area contributed by atoms with Gasteiger partial charge >= 0.3 is 0 Å². The zero-order valence-corrected chi connectivity index (χ0v) is 10.7. The fraction of sp³-hybridized carbons (Fsp3) is 0.538. The first-order chi connectivity index (χ1) is 8.00. The molecule has 4 nitrogen and oxygen atoms in total. The fourth-order valence-electron chi connectivity index (χ4n) is 1.59. The summed E-state index contributed by atoms with van der Waals surface area (Å²) in [5.74, 6) is 0.676. The van der Waals surface area contributed by atoms with Crippen LogP contribution in [-0.2, 0) is 6.54 Å². The third-order valence-electron chi connectivity index (χ3n) is 2.70. The highest BCUT2D eigenvalue weighted by Crippen LogP contribution is 2.19. The second kappa shape index (κ2) is 6.35. The number of nitrogens with one attached hydrogen (secondary N) is 1. The van der Waals surface area contributed by atoms with Crippen LogP contribution in [0.1, 0.15) is 31.4 Å². The Hall–Kier alpha value is -1.42. The number of nitro groups is 1. The Morgan fingerprint density at radius 2 is 2.12 bits per heavy atom. The molecule has 0 atom stereocenters. The number of rotatable bonds is 6. The van der Waals surface area contributed by atoms with E-state index >= 15 is 0 Å². The maximum atomic E-state index is 10.8. The Bertz CT molecular complexity index is 389. The van der Waals surface area contributed by atoms with Crippen LogP contribution in [0.15, 0.2) is 18.2 Å². The minimum atomic E-state index is -0.326. The van der Waals surface area contributed by atoms with Crippen molar-refractivity contribution in [2.75, 3.05) is 6.54 Å². The summed E-state index contributed by atoms with van der Waals surface area (Å²) in [6, 6.07) is 5.39. The summed E-state index contributed by atoms with van der Waals surface area (Å²) in [7, 11) is 0. The SMILES string of the molecule is Cc1ccc(CNCCC(C)C)cc1[N+](=O)[O-]. The lowest BCUT2D eigenvalue weighted by Crippen LogP contribution is -2.16. The number of nitrogens with zero attached hydrogens (tertiary/aromatic N) is 1. The number of benzene rings is 1. The molecule has 0 saturated carbocycles. The van der Waals surface area contributed by atoms with Gasteiger partial charge in [-0.1, -0.05) is 26.0 Å². The smallest absolute Gasteiger partial charge is 0.272 e. The fourth-order valence-corrected chi connectivity index (χ4v) is 1.59. The molecule has 4 heteroatoms. The molecule has 0 aliphatic heterocycles. The quantitative estimate of drug-likeness (QED) is 0.469. The Labute approximate surface area is 102 Å². The van der Waals surface area contributed by atoms with Crippen molar-refractivity contribution in [2.24, 2.45) is 5.92 Å². The van der Waals surface area contributed by atoms with Crippen molar-refractivity contribution in [3.05, 3.63) is 39.4 Å².